The first-order chi connectivity index (χ1) is 14.9. The molecule has 0 saturated heterocycles. The van der Waals surface area contributed by atoms with Gasteiger partial charge in [0.1, 0.15) is 12.4 Å². The van der Waals surface area contributed by atoms with Crippen LogP contribution in [0.1, 0.15) is 22.3 Å². The molecular formula is C24H16Br2INO3. The van der Waals surface area contributed by atoms with E-state index >= 15 is 0 Å². The average Bonchev–Trinajstić information content (AvgIpc) is 3.08. The fourth-order valence-electron chi connectivity index (χ4n) is 3.07. The van der Waals surface area contributed by atoms with Crippen LogP contribution in [-0.4, -0.2) is 11.9 Å². The highest BCUT2D eigenvalue weighted by molar-refractivity contribution is 14.1. The number of aryl methyl sites for hydroxylation is 1. The molecule has 0 amide bonds. The van der Waals surface area contributed by atoms with Crippen LogP contribution < -0.4 is 4.74 Å². The van der Waals surface area contributed by atoms with Gasteiger partial charge in [-0.25, -0.2) is 9.79 Å². The molecular weight excluding hydrogens is 637 g/mol. The number of carbonyl (C=O) groups excluding carboxylic acids is 1. The van der Waals surface area contributed by atoms with Gasteiger partial charge in [-0.1, -0.05) is 35.9 Å². The molecule has 0 fully saturated rings. The van der Waals surface area contributed by atoms with Gasteiger partial charge in [-0.2, -0.15) is 0 Å². The monoisotopic (exact) mass is 651 g/mol. The zero-order chi connectivity index (χ0) is 22.0. The molecule has 31 heavy (non-hydrogen) atoms. The Morgan fingerprint density at radius 2 is 1.81 bits per heavy atom. The van der Waals surface area contributed by atoms with Crippen molar-refractivity contribution in [2.45, 2.75) is 13.5 Å². The maximum Gasteiger partial charge on any atom is 0.363 e. The van der Waals surface area contributed by atoms with E-state index in [0.29, 0.717) is 18.3 Å². The maximum absolute atomic E-state index is 12.3. The second-order valence-electron chi connectivity index (χ2n) is 6.94. The molecule has 0 aliphatic carbocycles. The van der Waals surface area contributed by atoms with Crippen molar-refractivity contribution in [2.24, 2.45) is 4.99 Å². The van der Waals surface area contributed by atoms with Crippen molar-refractivity contribution in [1.82, 2.24) is 0 Å². The van der Waals surface area contributed by atoms with E-state index < -0.39 is 5.97 Å². The minimum Gasteiger partial charge on any atom is -0.487 e. The van der Waals surface area contributed by atoms with E-state index in [1.54, 1.807) is 6.08 Å². The summed E-state index contributed by atoms with van der Waals surface area (Å²) >= 11 is 9.35. The van der Waals surface area contributed by atoms with Crippen molar-refractivity contribution >= 4 is 72.4 Å². The summed E-state index contributed by atoms with van der Waals surface area (Å²) < 4.78 is 14.0. The first-order valence-electron chi connectivity index (χ1n) is 9.35. The Balaban J connectivity index is 1.56. The molecule has 0 saturated carbocycles. The molecule has 3 aromatic rings. The van der Waals surface area contributed by atoms with Gasteiger partial charge in [-0.05, 0) is 109 Å². The number of aliphatic imine (C=N–C) groups is 1. The molecule has 156 valence electrons. The molecule has 0 unspecified atom stereocenters. The van der Waals surface area contributed by atoms with Gasteiger partial charge in [0.25, 0.3) is 0 Å². The van der Waals surface area contributed by atoms with Crippen molar-refractivity contribution in [3.8, 4) is 5.75 Å². The number of nitrogens with zero attached hydrogens (tertiary/aromatic N) is 1. The number of halogens is 3. The van der Waals surface area contributed by atoms with E-state index in [1.807, 2.05) is 48.5 Å². The molecule has 0 atom stereocenters. The summed E-state index contributed by atoms with van der Waals surface area (Å²) in [6.07, 6.45) is 1.70. The van der Waals surface area contributed by atoms with Gasteiger partial charge in [0.15, 0.2) is 5.70 Å². The smallest absolute Gasteiger partial charge is 0.363 e. The predicted octanol–water partition coefficient (Wildman–Crippen LogP) is 7.05. The van der Waals surface area contributed by atoms with Crippen LogP contribution in [0.4, 0.5) is 0 Å². The molecule has 1 heterocycles. The largest absolute Gasteiger partial charge is 0.487 e. The lowest BCUT2D eigenvalue weighted by atomic mass is 10.1. The predicted molar refractivity (Wildman–Crippen MR) is 137 cm³/mol. The van der Waals surface area contributed by atoms with E-state index in [1.165, 1.54) is 5.56 Å². The quantitative estimate of drug-likeness (QED) is 0.169. The average molecular weight is 653 g/mol. The molecule has 3 aromatic carbocycles. The molecule has 0 bridgehead atoms. The molecule has 0 spiro atoms. The summed E-state index contributed by atoms with van der Waals surface area (Å²) in [5.74, 6) is 0.535. The van der Waals surface area contributed by atoms with Crippen LogP contribution in [0.15, 0.2) is 80.3 Å². The number of hydrogen-bond donors (Lipinski definition) is 0. The molecule has 0 radical (unpaired) electrons. The lowest BCUT2D eigenvalue weighted by molar-refractivity contribution is -0.129. The van der Waals surface area contributed by atoms with E-state index in [2.05, 4.69) is 78.5 Å². The number of benzene rings is 3. The fourth-order valence-corrected chi connectivity index (χ4v) is 5.06. The lowest BCUT2D eigenvalue weighted by Crippen LogP contribution is -2.05. The van der Waals surface area contributed by atoms with Crippen molar-refractivity contribution in [2.75, 3.05) is 0 Å². The standard InChI is InChI=1S/C24H16Br2INO3/c1-14-4-2-5-15(8-14)13-30-22-19(25)9-16(10-20(22)26)11-21-24(29)31-23(28-21)17-6-3-7-18(27)12-17/h2-12H,13H2,1H3/b21-11+. The maximum atomic E-state index is 12.3. The van der Waals surface area contributed by atoms with Crippen LogP contribution in [0.2, 0.25) is 0 Å². The molecule has 1 aliphatic rings. The van der Waals surface area contributed by atoms with Crippen molar-refractivity contribution in [3.63, 3.8) is 0 Å². The summed E-state index contributed by atoms with van der Waals surface area (Å²) in [5.41, 5.74) is 4.10. The Hall–Kier alpha value is -1.97. The first-order valence-corrected chi connectivity index (χ1v) is 12.0. The Morgan fingerprint density at radius 3 is 2.52 bits per heavy atom. The Labute approximate surface area is 210 Å². The first kappa shape index (κ1) is 22.2. The lowest BCUT2D eigenvalue weighted by Gasteiger charge is -2.12. The number of carbonyl (C=O) groups is 1. The van der Waals surface area contributed by atoms with Crippen molar-refractivity contribution in [1.29, 1.82) is 0 Å². The van der Waals surface area contributed by atoms with Gasteiger partial charge in [0, 0.05) is 9.13 Å². The number of hydrogen-bond acceptors (Lipinski definition) is 4. The van der Waals surface area contributed by atoms with E-state index in [0.717, 1.165) is 29.2 Å². The third kappa shape index (κ3) is 5.45. The number of esters is 1. The second kappa shape index (κ2) is 9.67. The number of ether oxygens (including phenoxy) is 2. The summed E-state index contributed by atoms with van der Waals surface area (Å²) in [6.45, 7) is 2.51. The minimum atomic E-state index is -0.471. The van der Waals surface area contributed by atoms with Crippen molar-refractivity contribution < 1.29 is 14.3 Å². The normalized spacial score (nSPS) is 14.5. The minimum absolute atomic E-state index is 0.251. The highest BCUT2D eigenvalue weighted by Gasteiger charge is 2.24. The topological polar surface area (TPSA) is 47.9 Å². The number of rotatable bonds is 5. The van der Waals surface area contributed by atoms with Crippen molar-refractivity contribution in [3.05, 3.63) is 101 Å². The summed E-state index contributed by atoms with van der Waals surface area (Å²) in [4.78, 5) is 16.7. The Bertz CT molecular complexity index is 1210. The fraction of sp³-hybridized carbons (Fsp3) is 0.0833. The van der Waals surface area contributed by atoms with E-state index in [4.69, 9.17) is 9.47 Å². The van der Waals surface area contributed by atoms with Crippen LogP contribution in [0, 0.1) is 10.5 Å². The molecule has 4 rings (SSSR count). The molecule has 0 N–H and O–H groups in total. The van der Waals surface area contributed by atoms with Crippen LogP contribution in [-0.2, 0) is 16.1 Å². The van der Waals surface area contributed by atoms with E-state index in [-0.39, 0.29) is 5.70 Å². The highest BCUT2D eigenvalue weighted by Crippen LogP contribution is 2.36. The Morgan fingerprint density at radius 1 is 1.06 bits per heavy atom. The SMILES string of the molecule is Cc1cccc(COc2c(Br)cc(/C=C3/N=C(c4cccc(I)c4)OC3=O)cc2Br)c1. The van der Waals surface area contributed by atoms with Gasteiger partial charge in [0.05, 0.1) is 8.95 Å². The Kier molecular flexibility index (Phi) is 6.93. The third-order valence-corrected chi connectivity index (χ3v) is 6.33. The van der Waals surface area contributed by atoms with Crippen LogP contribution in [0.5, 0.6) is 5.75 Å². The molecule has 0 aromatic heterocycles. The van der Waals surface area contributed by atoms with Gasteiger partial charge >= 0.3 is 5.97 Å². The zero-order valence-electron chi connectivity index (χ0n) is 16.4. The summed E-state index contributed by atoms with van der Waals surface area (Å²) in [7, 11) is 0. The van der Waals surface area contributed by atoms with Crippen LogP contribution >= 0.6 is 54.5 Å². The van der Waals surface area contributed by atoms with Gasteiger partial charge in [-0.3, -0.25) is 0 Å². The molecule has 1 aliphatic heterocycles. The molecule has 4 nitrogen and oxygen atoms in total. The van der Waals surface area contributed by atoms with Crippen LogP contribution in [0.25, 0.3) is 6.08 Å². The summed E-state index contributed by atoms with van der Waals surface area (Å²) in [6, 6.07) is 19.6. The third-order valence-electron chi connectivity index (χ3n) is 4.48. The number of cyclic esters (lactones) is 1. The summed E-state index contributed by atoms with van der Waals surface area (Å²) in [5, 5.41) is 0. The van der Waals surface area contributed by atoms with Gasteiger partial charge < -0.3 is 9.47 Å². The second-order valence-corrected chi connectivity index (χ2v) is 9.89. The van der Waals surface area contributed by atoms with Crippen LogP contribution in [0.3, 0.4) is 0 Å². The van der Waals surface area contributed by atoms with E-state index in [9.17, 15) is 4.79 Å². The van der Waals surface area contributed by atoms with Gasteiger partial charge in [0.2, 0.25) is 5.90 Å². The molecule has 7 heteroatoms. The zero-order valence-corrected chi connectivity index (χ0v) is 21.7. The highest BCUT2D eigenvalue weighted by atomic mass is 127. The van der Waals surface area contributed by atoms with Gasteiger partial charge in [-0.15, -0.1) is 0 Å².